The molecular formula is C31H40O3PS+. The highest BCUT2D eigenvalue weighted by molar-refractivity contribution is 8.00. The molecule has 192 valence electrons. The quantitative estimate of drug-likeness (QED) is 0.103. The summed E-state index contributed by atoms with van der Waals surface area (Å²) in [6.45, 7) is 0.393. The number of thioether (sulfide) groups is 1. The highest BCUT2D eigenvalue weighted by Gasteiger charge is 2.36. The van der Waals surface area contributed by atoms with Gasteiger partial charge in [0.2, 0.25) is 0 Å². The minimum absolute atomic E-state index is 0.207. The van der Waals surface area contributed by atoms with Crippen LogP contribution in [0.5, 0.6) is 0 Å². The first kappa shape index (κ1) is 28.6. The van der Waals surface area contributed by atoms with Crippen LogP contribution in [0.4, 0.5) is 0 Å². The van der Waals surface area contributed by atoms with E-state index in [1.165, 1.54) is 68.1 Å². The van der Waals surface area contributed by atoms with Crippen molar-refractivity contribution in [2.45, 2.75) is 69.0 Å². The van der Waals surface area contributed by atoms with Gasteiger partial charge in [-0.15, -0.1) is 21.2 Å². The molecule has 0 saturated carbocycles. The molecule has 3 aromatic carbocycles. The number of hydrogen-bond acceptors (Lipinski definition) is 3. The van der Waals surface area contributed by atoms with E-state index in [4.69, 9.17) is 9.42 Å². The van der Waals surface area contributed by atoms with Gasteiger partial charge in [-0.3, -0.25) is 0 Å². The second-order valence-corrected chi connectivity index (χ2v) is 11.3. The van der Waals surface area contributed by atoms with Crippen LogP contribution >= 0.6 is 20.0 Å². The first-order valence-corrected chi connectivity index (χ1v) is 15.4. The maximum absolute atomic E-state index is 10.5. The molecule has 1 N–H and O–H groups in total. The van der Waals surface area contributed by atoms with Crippen LogP contribution in [0.1, 0.15) is 80.9 Å². The Morgan fingerprint density at radius 1 is 0.583 bits per heavy atom. The monoisotopic (exact) mass is 523 g/mol. The second kappa shape index (κ2) is 16.7. The van der Waals surface area contributed by atoms with Crippen molar-refractivity contribution in [1.82, 2.24) is 0 Å². The summed E-state index contributed by atoms with van der Waals surface area (Å²) < 4.78 is 15.0. The first-order valence-electron chi connectivity index (χ1n) is 13.3. The highest BCUT2D eigenvalue weighted by atomic mass is 32.2. The largest absolute Gasteiger partial charge is 0.694 e. The van der Waals surface area contributed by atoms with Crippen molar-refractivity contribution < 1.29 is 14.0 Å². The third-order valence-electron chi connectivity index (χ3n) is 6.60. The van der Waals surface area contributed by atoms with Crippen LogP contribution in [0.15, 0.2) is 91.0 Å². The molecule has 0 aliphatic heterocycles. The minimum atomic E-state index is -2.43. The normalized spacial score (nSPS) is 12.0. The molecule has 0 fully saturated rings. The molecule has 0 amide bonds. The Hall–Kier alpha value is -1.97. The Morgan fingerprint density at radius 3 is 1.33 bits per heavy atom. The van der Waals surface area contributed by atoms with Crippen molar-refractivity contribution >= 4 is 20.0 Å². The molecule has 3 aromatic rings. The molecule has 3 rings (SSSR count). The Balaban J connectivity index is 1.46. The zero-order valence-corrected chi connectivity index (χ0v) is 23.0. The molecule has 5 heteroatoms. The third-order valence-corrected chi connectivity index (χ3v) is 8.64. The lowest BCUT2D eigenvalue weighted by Crippen LogP contribution is -2.26. The van der Waals surface area contributed by atoms with Crippen molar-refractivity contribution in [1.29, 1.82) is 0 Å². The summed E-state index contributed by atoms with van der Waals surface area (Å²) in [7, 11) is -2.43. The summed E-state index contributed by atoms with van der Waals surface area (Å²) in [5.41, 5.74) is 4.01. The van der Waals surface area contributed by atoms with E-state index in [1.54, 1.807) is 0 Å². The molecule has 0 aromatic heterocycles. The van der Waals surface area contributed by atoms with Gasteiger partial charge in [0.05, 0.1) is 4.75 Å². The topological polar surface area (TPSA) is 46.5 Å². The lowest BCUT2D eigenvalue weighted by molar-refractivity contribution is 0.273. The Morgan fingerprint density at radius 2 is 0.944 bits per heavy atom. The predicted octanol–water partition coefficient (Wildman–Crippen LogP) is 9.28. The van der Waals surface area contributed by atoms with E-state index in [1.807, 2.05) is 0 Å². The van der Waals surface area contributed by atoms with E-state index >= 15 is 0 Å². The molecule has 1 atom stereocenters. The summed E-state index contributed by atoms with van der Waals surface area (Å²) in [5, 5.41) is 0. The van der Waals surface area contributed by atoms with Crippen molar-refractivity contribution in [3.63, 3.8) is 0 Å². The van der Waals surface area contributed by atoms with Crippen molar-refractivity contribution in [2.75, 3.05) is 12.4 Å². The number of unbranched alkanes of at least 4 members (excludes halogenated alkanes) is 9. The van der Waals surface area contributed by atoms with Gasteiger partial charge in [-0.25, -0.2) is 0 Å². The molecule has 0 spiro atoms. The van der Waals surface area contributed by atoms with Gasteiger partial charge in [-0.05, 0) is 35.3 Å². The molecule has 0 aliphatic rings. The lowest BCUT2D eigenvalue weighted by atomic mass is 9.84. The second-order valence-electron chi connectivity index (χ2n) is 9.23. The maximum atomic E-state index is 10.5. The minimum Gasteiger partial charge on any atom is -0.141 e. The van der Waals surface area contributed by atoms with Gasteiger partial charge in [0, 0.05) is 4.57 Å². The number of hydrogen-bond donors (Lipinski definition) is 1. The van der Waals surface area contributed by atoms with Crippen LogP contribution in [-0.4, -0.2) is 17.3 Å². The standard InChI is InChI=1S/C31H39O3PS/c32-35(33)34-26-18-7-5-3-1-2-4-6-8-19-27-36-31(28-20-12-9-13-21-28,29-22-14-10-15-23-29)30-24-16-11-17-25-30/h9-17,20-25H,1-8,18-19,26-27H2/p+1. The van der Waals surface area contributed by atoms with E-state index in [-0.39, 0.29) is 4.75 Å². The van der Waals surface area contributed by atoms with Crippen molar-refractivity contribution in [3.05, 3.63) is 108 Å². The van der Waals surface area contributed by atoms with Crippen LogP contribution in [0.3, 0.4) is 0 Å². The summed E-state index contributed by atoms with van der Waals surface area (Å²) in [6.07, 6.45) is 12.1. The predicted molar refractivity (Wildman–Crippen MR) is 154 cm³/mol. The zero-order valence-electron chi connectivity index (χ0n) is 21.3. The van der Waals surface area contributed by atoms with Gasteiger partial charge >= 0.3 is 8.25 Å². The third kappa shape index (κ3) is 9.16. The Bertz CT molecular complexity index is 886. The average Bonchev–Trinajstić information content (AvgIpc) is 2.92. The average molecular weight is 524 g/mol. The lowest BCUT2D eigenvalue weighted by Gasteiger charge is -2.35. The van der Waals surface area contributed by atoms with Gasteiger partial charge in [0.15, 0.2) is 0 Å². The Kier molecular flexibility index (Phi) is 13.3. The number of benzene rings is 3. The number of rotatable bonds is 18. The Labute approximate surface area is 222 Å². The smallest absolute Gasteiger partial charge is 0.141 e. The SMILES string of the molecule is O=[P+](O)OCCCCCCCCCCCCSC(c1ccccc1)(c1ccccc1)c1ccccc1. The van der Waals surface area contributed by atoms with Crippen molar-refractivity contribution in [3.8, 4) is 0 Å². The van der Waals surface area contributed by atoms with Gasteiger partial charge in [0.25, 0.3) is 0 Å². The van der Waals surface area contributed by atoms with Crippen LogP contribution in [0.2, 0.25) is 0 Å². The summed E-state index contributed by atoms with van der Waals surface area (Å²) >= 11 is 2.07. The molecule has 0 saturated heterocycles. The fourth-order valence-corrected chi connectivity index (χ4v) is 6.60. The molecule has 36 heavy (non-hydrogen) atoms. The molecule has 3 nitrogen and oxygen atoms in total. The van der Waals surface area contributed by atoms with E-state index in [0.29, 0.717) is 6.61 Å². The van der Waals surface area contributed by atoms with E-state index in [2.05, 4.69) is 103 Å². The van der Waals surface area contributed by atoms with Gasteiger partial charge < -0.3 is 0 Å². The van der Waals surface area contributed by atoms with Crippen LogP contribution in [0.25, 0.3) is 0 Å². The van der Waals surface area contributed by atoms with Crippen LogP contribution in [-0.2, 0) is 13.8 Å². The van der Waals surface area contributed by atoms with E-state index in [9.17, 15) is 4.57 Å². The summed E-state index contributed by atoms with van der Waals surface area (Å²) in [4.78, 5) is 8.61. The van der Waals surface area contributed by atoms with Crippen LogP contribution in [0, 0.1) is 0 Å². The van der Waals surface area contributed by atoms with Gasteiger partial charge in [0.1, 0.15) is 6.61 Å². The fraction of sp³-hybridized carbons (Fsp3) is 0.419. The fourth-order valence-electron chi connectivity index (χ4n) is 4.75. The zero-order chi connectivity index (χ0) is 25.3. The van der Waals surface area contributed by atoms with Gasteiger partial charge in [-0.2, -0.15) is 0 Å². The van der Waals surface area contributed by atoms with Crippen LogP contribution < -0.4 is 0 Å². The maximum Gasteiger partial charge on any atom is 0.694 e. The molecule has 0 radical (unpaired) electrons. The molecular weight excluding hydrogens is 483 g/mol. The molecule has 1 unspecified atom stereocenters. The highest BCUT2D eigenvalue weighted by Crippen LogP contribution is 2.48. The van der Waals surface area contributed by atoms with Gasteiger partial charge in [-0.1, -0.05) is 142 Å². The van der Waals surface area contributed by atoms with E-state index in [0.717, 1.165) is 18.6 Å². The first-order chi connectivity index (χ1) is 17.7. The molecule has 0 heterocycles. The molecule has 0 aliphatic carbocycles. The summed E-state index contributed by atoms with van der Waals surface area (Å²) in [6, 6.07) is 32.9. The van der Waals surface area contributed by atoms with Crippen molar-refractivity contribution in [2.24, 2.45) is 0 Å². The van der Waals surface area contributed by atoms with E-state index < -0.39 is 8.25 Å². The molecule has 0 bridgehead atoms. The summed E-state index contributed by atoms with van der Waals surface area (Å²) in [5.74, 6) is 1.13.